The van der Waals surface area contributed by atoms with Crippen molar-refractivity contribution in [1.82, 2.24) is 4.57 Å². The van der Waals surface area contributed by atoms with Crippen LogP contribution < -0.4 is 19.6 Å². The van der Waals surface area contributed by atoms with E-state index in [2.05, 4.69) is 50.2 Å². The predicted molar refractivity (Wildman–Crippen MR) is 155 cm³/mol. The van der Waals surface area contributed by atoms with Crippen molar-refractivity contribution in [2.45, 2.75) is 19.9 Å². The Balaban J connectivity index is 1.99. The van der Waals surface area contributed by atoms with E-state index in [1.807, 2.05) is 24.3 Å². The van der Waals surface area contributed by atoms with E-state index in [1.165, 1.54) is 15.9 Å². The zero-order valence-corrected chi connectivity index (χ0v) is 24.9. The first kappa shape index (κ1) is 26.8. The lowest BCUT2D eigenvalue weighted by Crippen LogP contribution is -2.40. The molecule has 0 aliphatic carbocycles. The third-order valence-corrected chi connectivity index (χ3v) is 8.07. The van der Waals surface area contributed by atoms with Crippen molar-refractivity contribution in [2.75, 3.05) is 13.2 Å². The minimum Gasteiger partial charge on any atom is -0.477 e. The molecular formula is C25H18ClI2N3O4S. The molecule has 0 saturated heterocycles. The number of nitriles is 1. The maximum atomic E-state index is 13.8. The van der Waals surface area contributed by atoms with Crippen LogP contribution in [0.3, 0.4) is 0 Å². The Morgan fingerprint density at radius 2 is 2.08 bits per heavy atom. The smallest absolute Gasteiger partial charge is 0.338 e. The van der Waals surface area contributed by atoms with E-state index >= 15 is 0 Å². The zero-order chi connectivity index (χ0) is 26.0. The fourth-order valence-electron chi connectivity index (χ4n) is 3.87. The van der Waals surface area contributed by atoms with Crippen molar-refractivity contribution >= 4 is 80.2 Å². The van der Waals surface area contributed by atoms with Crippen molar-refractivity contribution in [3.8, 4) is 11.8 Å². The highest BCUT2D eigenvalue weighted by Gasteiger charge is 2.34. The normalized spacial score (nSPS) is 15.2. The third-order valence-electron chi connectivity index (χ3n) is 5.32. The summed E-state index contributed by atoms with van der Waals surface area (Å²) in [5, 5.41) is 9.42. The Hall–Kier alpha value is -2.21. The SMILES string of the molecule is CCOC(=O)C1=C(C)N=c2s/c(=C\c3cc(I)cc(I)c3OCC#N)c(=O)n2[C@H]1c1ccccc1Cl. The van der Waals surface area contributed by atoms with Crippen molar-refractivity contribution in [2.24, 2.45) is 4.99 Å². The molecule has 0 amide bonds. The molecule has 184 valence electrons. The molecule has 0 N–H and O–H groups in total. The number of rotatable bonds is 6. The Kier molecular flexibility index (Phi) is 8.54. The van der Waals surface area contributed by atoms with E-state index in [9.17, 15) is 9.59 Å². The van der Waals surface area contributed by atoms with Crippen LogP contribution in [0.2, 0.25) is 5.02 Å². The first-order chi connectivity index (χ1) is 17.3. The molecule has 0 radical (unpaired) electrons. The van der Waals surface area contributed by atoms with Crippen LogP contribution in [0.15, 0.2) is 57.5 Å². The van der Waals surface area contributed by atoms with Crippen LogP contribution in [-0.4, -0.2) is 23.8 Å². The Bertz CT molecular complexity index is 1620. The number of halogens is 3. The summed E-state index contributed by atoms with van der Waals surface area (Å²) in [4.78, 5) is 31.8. The van der Waals surface area contributed by atoms with Crippen LogP contribution in [0.1, 0.15) is 31.0 Å². The molecule has 1 atom stereocenters. The van der Waals surface area contributed by atoms with E-state index < -0.39 is 12.0 Å². The molecule has 1 aliphatic heterocycles. The predicted octanol–water partition coefficient (Wildman–Crippen LogP) is 4.56. The molecule has 7 nitrogen and oxygen atoms in total. The number of esters is 1. The summed E-state index contributed by atoms with van der Waals surface area (Å²) in [6.07, 6.45) is 1.73. The summed E-state index contributed by atoms with van der Waals surface area (Å²) in [7, 11) is 0. The number of ether oxygens (including phenoxy) is 2. The molecule has 0 saturated carbocycles. The molecule has 1 aromatic heterocycles. The van der Waals surface area contributed by atoms with Crippen molar-refractivity contribution in [3.05, 3.63) is 90.6 Å². The number of carbonyl (C=O) groups is 1. The van der Waals surface area contributed by atoms with Crippen LogP contribution in [-0.2, 0) is 9.53 Å². The van der Waals surface area contributed by atoms with Crippen molar-refractivity contribution in [1.29, 1.82) is 5.26 Å². The van der Waals surface area contributed by atoms with Gasteiger partial charge in [0.25, 0.3) is 5.56 Å². The van der Waals surface area contributed by atoms with Gasteiger partial charge in [-0.25, -0.2) is 9.79 Å². The van der Waals surface area contributed by atoms with E-state index in [1.54, 1.807) is 38.1 Å². The van der Waals surface area contributed by atoms with Gasteiger partial charge >= 0.3 is 5.97 Å². The number of benzene rings is 2. The standard InChI is InChI=1S/C25H18ClI2N3O4S/c1-3-34-24(33)20-13(2)30-25-31(21(20)16-6-4-5-7-17(16)26)23(32)19(36-25)11-14-10-15(27)12-18(28)22(14)35-9-8-29/h4-7,10-12,21H,3,9H2,1-2H3/b19-11-/t21-/m0/s1. The van der Waals surface area contributed by atoms with Gasteiger partial charge in [-0.3, -0.25) is 9.36 Å². The van der Waals surface area contributed by atoms with Gasteiger partial charge < -0.3 is 9.47 Å². The van der Waals surface area contributed by atoms with Crippen molar-refractivity contribution < 1.29 is 14.3 Å². The highest BCUT2D eigenvalue weighted by atomic mass is 127. The minimum absolute atomic E-state index is 0.118. The van der Waals surface area contributed by atoms with E-state index in [4.69, 9.17) is 26.3 Å². The number of aromatic nitrogens is 1. The lowest BCUT2D eigenvalue weighted by Gasteiger charge is -2.25. The van der Waals surface area contributed by atoms with Crippen LogP contribution >= 0.6 is 68.1 Å². The highest BCUT2D eigenvalue weighted by molar-refractivity contribution is 14.1. The number of hydrogen-bond acceptors (Lipinski definition) is 7. The van der Waals surface area contributed by atoms with E-state index in [0.29, 0.717) is 36.9 Å². The van der Waals surface area contributed by atoms with Gasteiger partial charge in [0.1, 0.15) is 17.9 Å². The average molecular weight is 746 g/mol. The molecule has 36 heavy (non-hydrogen) atoms. The largest absolute Gasteiger partial charge is 0.477 e. The maximum Gasteiger partial charge on any atom is 0.338 e. The molecule has 0 spiro atoms. The summed E-state index contributed by atoms with van der Waals surface area (Å²) >= 11 is 12.1. The highest BCUT2D eigenvalue weighted by Crippen LogP contribution is 2.34. The first-order valence-electron chi connectivity index (χ1n) is 10.7. The summed E-state index contributed by atoms with van der Waals surface area (Å²) in [5.41, 5.74) is 1.69. The van der Waals surface area contributed by atoms with Crippen LogP contribution in [0.5, 0.6) is 5.75 Å². The molecule has 0 fully saturated rings. The molecule has 0 unspecified atom stereocenters. The Morgan fingerprint density at radius 1 is 1.33 bits per heavy atom. The summed E-state index contributed by atoms with van der Waals surface area (Å²) in [5.74, 6) is -0.0215. The van der Waals surface area contributed by atoms with Gasteiger partial charge in [-0.05, 0) is 88.9 Å². The topological polar surface area (TPSA) is 93.7 Å². The first-order valence-corrected chi connectivity index (χ1v) is 14.0. The van der Waals surface area contributed by atoms with Crippen LogP contribution in [0.25, 0.3) is 6.08 Å². The number of nitrogens with zero attached hydrogens (tertiary/aromatic N) is 3. The molecule has 2 aromatic carbocycles. The van der Waals surface area contributed by atoms with Crippen LogP contribution in [0.4, 0.5) is 0 Å². The van der Waals surface area contributed by atoms with Gasteiger partial charge in [0, 0.05) is 14.2 Å². The number of hydrogen-bond donors (Lipinski definition) is 0. The molecule has 1 aliphatic rings. The van der Waals surface area contributed by atoms with Gasteiger partial charge in [-0.1, -0.05) is 41.1 Å². The second-order valence-corrected chi connectivity index (χ2v) is 11.4. The Labute approximate surface area is 243 Å². The van der Waals surface area contributed by atoms with Crippen molar-refractivity contribution in [3.63, 3.8) is 0 Å². The number of allylic oxidation sites excluding steroid dienone is 1. The average Bonchev–Trinajstić information content (AvgIpc) is 3.12. The maximum absolute atomic E-state index is 13.8. The van der Waals surface area contributed by atoms with Gasteiger partial charge in [-0.15, -0.1) is 0 Å². The van der Waals surface area contributed by atoms with Crippen LogP contribution in [0, 0.1) is 18.5 Å². The lowest BCUT2D eigenvalue weighted by molar-refractivity contribution is -0.139. The Morgan fingerprint density at radius 3 is 2.78 bits per heavy atom. The van der Waals surface area contributed by atoms with Gasteiger partial charge in [0.2, 0.25) is 0 Å². The molecular weight excluding hydrogens is 728 g/mol. The molecule has 0 bridgehead atoms. The van der Waals surface area contributed by atoms with Gasteiger partial charge in [0.05, 0.1) is 26.0 Å². The van der Waals surface area contributed by atoms with E-state index in [-0.39, 0.29) is 24.3 Å². The fourth-order valence-corrected chi connectivity index (χ4v) is 7.19. The fraction of sp³-hybridized carbons (Fsp3) is 0.200. The van der Waals surface area contributed by atoms with E-state index in [0.717, 1.165) is 7.14 Å². The molecule has 4 rings (SSSR count). The van der Waals surface area contributed by atoms with Gasteiger partial charge in [0.15, 0.2) is 11.4 Å². The number of fused-ring (bicyclic) bond motifs is 1. The third kappa shape index (κ3) is 5.25. The number of carbonyl (C=O) groups excluding carboxylic acids is 1. The van der Waals surface area contributed by atoms with Gasteiger partial charge in [-0.2, -0.15) is 5.26 Å². The summed E-state index contributed by atoms with van der Waals surface area (Å²) in [6.45, 7) is 3.52. The molecule has 3 aromatic rings. The second kappa shape index (κ2) is 11.5. The quantitative estimate of drug-likeness (QED) is 0.273. The summed E-state index contributed by atoms with van der Waals surface area (Å²) in [6, 6.07) is 12.1. The molecule has 2 heterocycles. The molecule has 11 heteroatoms. The lowest BCUT2D eigenvalue weighted by atomic mass is 9.96. The monoisotopic (exact) mass is 745 g/mol. The zero-order valence-electron chi connectivity index (χ0n) is 19.0. The number of thiazole rings is 1. The second-order valence-electron chi connectivity index (χ2n) is 7.58. The summed E-state index contributed by atoms with van der Waals surface area (Å²) < 4.78 is 14.7. The minimum atomic E-state index is -0.790.